The number of thiocarbonyl (C=S) groups is 1. The van der Waals surface area contributed by atoms with Crippen molar-refractivity contribution in [2.45, 2.75) is 6.92 Å². The Hall–Kier alpha value is -2.10. The molecule has 0 spiro atoms. The second kappa shape index (κ2) is 8.73. The van der Waals surface area contributed by atoms with E-state index in [1.54, 1.807) is 48.4 Å². The van der Waals surface area contributed by atoms with Gasteiger partial charge in [0.2, 0.25) is 0 Å². The Morgan fingerprint density at radius 3 is 2.45 bits per heavy atom. The minimum atomic E-state index is -0.253. The number of phenolic OH excluding ortho intramolecular Hbond substituents is 1. The number of anilines is 1. The van der Waals surface area contributed by atoms with E-state index in [0.717, 1.165) is 5.75 Å². The van der Waals surface area contributed by atoms with Gasteiger partial charge in [0.15, 0.2) is 16.6 Å². The van der Waals surface area contributed by atoms with E-state index in [0.29, 0.717) is 37.6 Å². The molecular formula is C20H18Br2N2O4S. The van der Waals surface area contributed by atoms with Crippen LogP contribution >= 0.6 is 44.1 Å². The average Bonchev–Trinajstić information content (AvgIpc) is 2.92. The van der Waals surface area contributed by atoms with E-state index in [4.69, 9.17) is 21.7 Å². The molecule has 152 valence electrons. The third-order valence-electron chi connectivity index (χ3n) is 4.35. The third-order valence-corrected chi connectivity index (χ3v) is 6.97. The molecule has 2 aromatic rings. The van der Waals surface area contributed by atoms with Crippen LogP contribution in [0.5, 0.6) is 17.2 Å². The summed E-state index contributed by atoms with van der Waals surface area (Å²) >= 11 is 12.3. The Kier molecular flexibility index (Phi) is 6.50. The number of benzene rings is 2. The topological polar surface area (TPSA) is 62.2 Å². The maximum atomic E-state index is 13.1. The number of methoxy groups -OCH3 is 1. The molecule has 1 saturated heterocycles. The van der Waals surface area contributed by atoms with E-state index in [2.05, 4.69) is 31.9 Å². The molecule has 0 saturated carbocycles. The van der Waals surface area contributed by atoms with Gasteiger partial charge in [0.25, 0.3) is 5.91 Å². The molecule has 29 heavy (non-hydrogen) atoms. The lowest BCUT2D eigenvalue weighted by Gasteiger charge is -2.16. The largest absolute Gasteiger partial charge is 0.503 e. The van der Waals surface area contributed by atoms with E-state index in [9.17, 15) is 9.90 Å². The van der Waals surface area contributed by atoms with Gasteiger partial charge >= 0.3 is 0 Å². The number of likely N-dealkylation sites (N-methyl/N-ethyl adjacent to an activating group) is 1. The minimum absolute atomic E-state index is 0.0286. The molecule has 0 atom stereocenters. The fourth-order valence-electron chi connectivity index (χ4n) is 2.86. The van der Waals surface area contributed by atoms with Gasteiger partial charge in [-0.25, -0.2) is 0 Å². The van der Waals surface area contributed by atoms with Crippen molar-refractivity contribution < 1.29 is 19.4 Å². The zero-order valence-corrected chi connectivity index (χ0v) is 19.9. The Balaban J connectivity index is 2.01. The van der Waals surface area contributed by atoms with Crippen LogP contribution in [0.1, 0.15) is 12.5 Å². The lowest BCUT2D eigenvalue weighted by atomic mass is 10.1. The van der Waals surface area contributed by atoms with Crippen LogP contribution in [0.4, 0.5) is 5.69 Å². The maximum absolute atomic E-state index is 13.1. The summed E-state index contributed by atoms with van der Waals surface area (Å²) in [6.07, 6.45) is 1.69. The summed E-state index contributed by atoms with van der Waals surface area (Å²) in [5.41, 5.74) is 1.70. The molecule has 0 bridgehead atoms. The number of carbonyl (C=O) groups is 1. The molecule has 0 unspecified atom stereocenters. The van der Waals surface area contributed by atoms with Gasteiger partial charge in [-0.15, -0.1) is 0 Å². The number of phenols is 1. The number of carbonyl (C=O) groups excluding carboxylic acids is 1. The third kappa shape index (κ3) is 3.99. The zero-order chi connectivity index (χ0) is 21.3. The SMILES string of the molecule is CCOc1ccc(N2C(=O)/C(=C/c3cc(OC)c(O)c(Br)c3Br)N(C)C2=S)cc1. The van der Waals surface area contributed by atoms with E-state index in [-0.39, 0.29) is 17.4 Å². The second-order valence-corrected chi connectivity index (χ2v) is 8.03. The molecule has 6 nitrogen and oxygen atoms in total. The van der Waals surface area contributed by atoms with Gasteiger partial charge in [-0.3, -0.25) is 9.69 Å². The van der Waals surface area contributed by atoms with Crippen molar-refractivity contribution in [2.24, 2.45) is 0 Å². The van der Waals surface area contributed by atoms with Gasteiger partial charge in [0.05, 0.1) is 23.9 Å². The van der Waals surface area contributed by atoms with Crippen molar-refractivity contribution in [3.05, 3.63) is 50.5 Å². The lowest BCUT2D eigenvalue weighted by Crippen LogP contribution is -2.31. The van der Waals surface area contributed by atoms with Gasteiger partial charge in [-0.05, 0) is 93.0 Å². The number of ether oxygens (including phenoxy) is 2. The van der Waals surface area contributed by atoms with Crippen LogP contribution in [0, 0.1) is 0 Å². The van der Waals surface area contributed by atoms with E-state index in [1.165, 1.54) is 12.0 Å². The summed E-state index contributed by atoms with van der Waals surface area (Å²) in [6.45, 7) is 2.48. The van der Waals surface area contributed by atoms with Crippen molar-refractivity contribution in [3.8, 4) is 17.2 Å². The molecule has 1 fully saturated rings. The summed E-state index contributed by atoms with van der Waals surface area (Å²) in [5.74, 6) is 0.727. The number of hydrogen-bond acceptors (Lipinski definition) is 5. The molecular weight excluding hydrogens is 524 g/mol. The fourth-order valence-corrected chi connectivity index (χ4v) is 3.99. The highest BCUT2D eigenvalue weighted by Gasteiger charge is 2.37. The first-order chi connectivity index (χ1) is 13.8. The molecule has 1 heterocycles. The number of hydrogen-bond donors (Lipinski definition) is 1. The quantitative estimate of drug-likeness (QED) is 0.428. The zero-order valence-electron chi connectivity index (χ0n) is 15.9. The summed E-state index contributed by atoms with van der Waals surface area (Å²) in [4.78, 5) is 16.3. The van der Waals surface area contributed by atoms with Crippen LogP contribution < -0.4 is 14.4 Å². The van der Waals surface area contributed by atoms with Crippen molar-refractivity contribution in [1.82, 2.24) is 4.90 Å². The first-order valence-electron chi connectivity index (χ1n) is 8.61. The van der Waals surface area contributed by atoms with Crippen LogP contribution in [-0.2, 0) is 4.79 Å². The predicted octanol–water partition coefficient (Wildman–Crippen LogP) is 4.93. The van der Waals surface area contributed by atoms with Crippen LogP contribution in [0.25, 0.3) is 6.08 Å². The normalized spacial score (nSPS) is 15.4. The van der Waals surface area contributed by atoms with Crippen molar-refractivity contribution in [2.75, 3.05) is 25.7 Å². The molecule has 0 radical (unpaired) electrons. The van der Waals surface area contributed by atoms with Crippen molar-refractivity contribution in [1.29, 1.82) is 0 Å². The van der Waals surface area contributed by atoms with E-state index >= 15 is 0 Å². The Morgan fingerprint density at radius 2 is 1.86 bits per heavy atom. The van der Waals surface area contributed by atoms with E-state index in [1.807, 2.05) is 6.92 Å². The molecule has 1 aliphatic heterocycles. The number of nitrogens with zero attached hydrogens (tertiary/aromatic N) is 2. The first-order valence-corrected chi connectivity index (χ1v) is 10.6. The van der Waals surface area contributed by atoms with Crippen LogP contribution in [-0.4, -0.2) is 41.8 Å². The fraction of sp³-hybridized carbons (Fsp3) is 0.200. The molecule has 1 amide bonds. The summed E-state index contributed by atoms with van der Waals surface area (Å²) in [5, 5.41) is 10.5. The van der Waals surface area contributed by atoms with E-state index < -0.39 is 0 Å². The second-order valence-electron chi connectivity index (χ2n) is 6.08. The maximum Gasteiger partial charge on any atom is 0.281 e. The highest BCUT2D eigenvalue weighted by Crippen LogP contribution is 2.43. The van der Waals surface area contributed by atoms with Gasteiger partial charge < -0.3 is 19.5 Å². The summed E-state index contributed by atoms with van der Waals surface area (Å²) in [6, 6.07) is 8.83. The number of amides is 1. The van der Waals surface area contributed by atoms with Crippen LogP contribution in [0.3, 0.4) is 0 Å². The predicted molar refractivity (Wildman–Crippen MR) is 123 cm³/mol. The Bertz CT molecular complexity index is 1010. The number of aromatic hydroxyl groups is 1. The molecule has 3 rings (SSSR count). The Labute approximate surface area is 191 Å². The molecule has 0 aromatic heterocycles. The molecule has 1 aliphatic rings. The van der Waals surface area contributed by atoms with Crippen LogP contribution in [0.15, 0.2) is 45.0 Å². The number of halogens is 2. The highest BCUT2D eigenvalue weighted by molar-refractivity contribution is 9.13. The van der Waals surface area contributed by atoms with Crippen molar-refractivity contribution in [3.63, 3.8) is 0 Å². The smallest absolute Gasteiger partial charge is 0.281 e. The summed E-state index contributed by atoms with van der Waals surface area (Å²) in [7, 11) is 3.20. The first kappa shape index (κ1) is 21.6. The lowest BCUT2D eigenvalue weighted by molar-refractivity contribution is -0.114. The van der Waals surface area contributed by atoms with Gasteiger partial charge in [0.1, 0.15) is 11.4 Å². The van der Waals surface area contributed by atoms with Gasteiger partial charge in [-0.2, -0.15) is 0 Å². The highest BCUT2D eigenvalue weighted by atomic mass is 79.9. The van der Waals surface area contributed by atoms with Crippen LogP contribution in [0.2, 0.25) is 0 Å². The summed E-state index contributed by atoms with van der Waals surface area (Å²) < 4.78 is 11.7. The minimum Gasteiger partial charge on any atom is -0.503 e. The molecule has 9 heteroatoms. The van der Waals surface area contributed by atoms with Gasteiger partial charge in [0, 0.05) is 11.5 Å². The monoisotopic (exact) mass is 540 g/mol. The molecule has 0 aliphatic carbocycles. The van der Waals surface area contributed by atoms with Crippen molar-refractivity contribution >= 4 is 66.9 Å². The van der Waals surface area contributed by atoms with Gasteiger partial charge in [-0.1, -0.05) is 0 Å². The Morgan fingerprint density at radius 1 is 1.21 bits per heavy atom. The molecule has 2 aromatic carbocycles. The number of rotatable bonds is 5. The average molecular weight is 542 g/mol. The molecule has 1 N–H and O–H groups in total. The standard InChI is InChI=1S/C20H18Br2N2O4S/c1-4-28-13-7-5-12(6-8-13)24-19(26)14(23(2)20(24)29)9-11-10-15(27-3)18(25)17(22)16(11)21/h5-10,25H,4H2,1-3H3/b14-9-.